The predicted octanol–water partition coefficient (Wildman–Crippen LogP) is 4.06. The van der Waals surface area contributed by atoms with E-state index in [-0.39, 0.29) is 0 Å². The van der Waals surface area contributed by atoms with Gasteiger partial charge in [-0.25, -0.2) is 0 Å². The van der Waals surface area contributed by atoms with Gasteiger partial charge in [0.2, 0.25) is 0 Å². The molecule has 0 bridgehead atoms. The second kappa shape index (κ2) is 5.47. The van der Waals surface area contributed by atoms with E-state index in [9.17, 15) is 0 Å². The van der Waals surface area contributed by atoms with Crippen molar-refractivity contribution in [2.24, 2.45) is 0 Å². The van der Waals surface area contributed by atoms with E-state index in [1.54, 1.807) is 18.5 Å². The van der Waals surface area contributed by atoms with Crippen molar-refractivity contribution in [1.82, 2.24) is 4.98 Å². The summed E-state index contributed by atoms with van der Waals surface area (Å²) in [6.45, 7) is 0. The lowest BCUT2D eigenvalue weighted by molar-refractivity contribution is 1.30. The van der Waals surface area contributed by atoms with Crippen LogP contribution in [-0.4, -0.2) is 4.98 Å². The average Bonchev–Trinajstić information content (AvgIpc) is 2.34. The summed E-state index contributed by atoms with van der Waals surface area (Å²) in [7, 11) is 0. The maximum atomic E-state index is 8.97. The van der Waals surface area contributed by atoms with Crippen molar-refractivity contribution in [3.63, 3.8) is 0 Å². The van der Waals surface area contributed by atoms with E-state index in [0.29, 0.717) is 11.3 Å². The molecule has 1 aromatic carbocycles. The number of anilines is 2. The molecule has 0 unspecified atom stereocenters. The molecule has 0 fully saturated rings. The Bertz CT molecular complexity index is 593. The van der Waals surface area contributed by atoms with E-state index in [0.717, 1.165) is 13.7 Å². The SMILES string of the molecule is N#Cc1ccncc1Nc1ccc(I)c(Br)c1. The summed E-state index contributed by atoms with van der Waals surface area (Å²) in [6.07, 6.45) is 3.25. The number of halogens is 2. The van der Waals surface area contributed by atoms with Crippen molar-refractivity contribution < 1.29 is 0 Å². The third-order valence-corrected chi connectivity index (χ3v) is 4.48. The number of rotatable bonds is 2. The van der Waals surface area contributed by atoms with Crippen LogP contribution in [0.1, 0.15) is 5.56 Å². The van der Waals surface area contributed by atoms with Crippen LogP contribution in [-0.2, 0) is 0 Å². The molecule has 0 aliphatic carbocycles. The Morgan fingerprint density at radius 3 is 2.88 bits per heavy atom. The minimum Gasteiger partial charge on any atom is -0.353 e. The molecule has 0 spiro atoms. The molecule has 17 heavy (non-hydrogen) atoms. The highest BCUT2D eigenvalue weighted by Gasteiger charge is 2.03. The first kappa shape index (κ1) is 12.3. The van der Waals surface area contributed by atoms with Crippen molar-refractivity contribution in [3.05, 3.63) is 50.3 Å². The monoisotopic (exact) mass is 399 g/mol. The highest BCUT2D eigenvalue weighted by Crippen LogP contribution is 2.25. The number of aromatic nitrogens is 1. The quantitative estimate of drug-likeness (QED) is 0.774. The summed E-state index contributed by atoms with van der Waals surface area (Å²) in [5.74, 6) is 0. The molecule has 3 nitrogen and oxygen atoms in total. The Morgan fingerprint density at radius 1 is 1.35 bits per heavy atom. The normalized spacial score (nSPS) is 9.71. The zero-order valence-electron chi connectivity index (χ0n) is 8.61. The lowest BCUT2D eigenvalue weighted by Gasteiger charge is -2.08. The van der Waals surface area contributed by atoms with Gasteiger partial charge in [0.25, 0.3) is 0 Å². The molecule has 0 aliphatic heterocycles. The maximum Gasteiger partial charge on any atom is 0.101 e. The smallest absolute Gasteiger partial charge is 0.101 e. The third kappa shape index (κ3) is 2.96. The number of hydrogen-bond acceptors (Lipinski definition) is 3. The number of pyridine rings is 1. The zero-order chi connectivity index (χ0) is 12.3. The van der Waals surface area contributed by atoms with Crippen molar-refractivity contribution >= 4 is 49.9 Å². The number of nitriles is 1. The molecule has 2 aromatic rings. The van der Waals surface area contributed by atoms with Gasteiger partial charge in [0, 0.05) is 19.9 Å². The van der Waals surface area contributed by atoms with Crippen LogP contribution in [0.5, 0.6) is 0 Å². The van der Waals surface area contributed by atoms with Gasteiger partial charge in [-0.2, -0.15) is 5.26 Å². The van der Waals surface area contributed by atoms with Gasteiger partial charge >= 0.3 is 0 Å². The number of nitrogens with zero attached hydrogens (tertiary/aromatic N) is 2. The van der Waals surface area contributed by atoms with Crippen LogP contribution in [0.15, 0.2) is 41.1 Å². The van der Waals surface area contributed by atoms with Gasteiger partial charge in [-0.1, -0.05) is 0 Å². The molecule has 0 radical (unpaired) electrons. The van der Waals surface area contributed by atoms with Crippen LogP contribution in [0, 0.1) is 14.9 Å². The Labute approximate surface area is 121 Å². The molecule has 0 saturated carbocycles. The summed E-state index contributed by atoms with van der Waals surface area (Å²) in [5, 5.41) is 12.1. The van der Waals surface area contributed by atoms with Gasteiger partial charge in [-0.3, -0.25) is 4.98 Å². The predicted molar refractivity (Wildman–Crippen MR) is 79.1 cm³/mol. The molecule has 0 saturated heterocycles. The van der Waals surface area contributed by atoms with Crippen LogP contribution in [0.3, 0.4) is 0 Å². The van der Waals surface area contributed by atoms with Gasteiger partial charge in [-0.15, -0.1) is 0 Å². The molecule has 0 amide bonds. The molecule has 0 aliphatic rings. The molecule has 2 rings (SSSR count). The fraction of sp³-hybridized carbons (Fsp3) is 0. The second-order valence-corrected chi connectivity index (χ2v) is 5.30. The van der Waals surface area contributed by atoms with Crippen molar-refractivity contribution in [2.75, 3.05) is 5.32 Å². The summed E-state index contributed by atoms with van der Waals surface area (Å²) in [6, 6.07) is 9.73. The number of benzene rings is 1. The zero-order valence-corrected chi connectivity index (χ0v) is 12.4. The molecule has 1 N–H and O–H groups in total. The van der Waals surface area contributed by atoms with E-state index in [1.165, 1.54) is 0 Å². The third-order valence-electron chi connectivity index (χ3n) is 2.14. The molecule has 1 heterocycles. The standard InChI is InChI=1S/C12H7BrIN3/c13-10-5-9(1-2-11(10)14)17-12-7-16-4-3-8(12)6-15/h1-5,7,17H. The van der Waals surface area contributed by atoms with E-state index in [2.05, 4.69) is 54.9 Å². The number of hydrogen-bond donors (Lipinski definition) is 1. The first-order valence-electron chi connectivity index (χ1n) is 4.77. The van der Waals surface area contributed by atoms with E-state index in [4.69, 9.17) is 5.26 Å². The van der Waals surface area contributed by atoms with Crippen molar-refractivity contribution in [1.29, 1.82) is 5.26 Å². The van der Waals surface area contributed by atoms with Crippen LogP contribution in [0.2, 0.25) is 0 Å². The Morgan fingerprint density at radius 2 is 2.18 bits per heavy atom. The fourth-order valence-electron chi connectivity index (χ4n) is 1.32. The first-order chi connectivity index (χ1) is 8.20. The molecule has 1 aromatic heterocycles. The van der Waals surface area contributed by atoms with Crippen LogP contribution >= 0.6 is 38.5 Å². The second-order valence-electron chi connectivity index (χ2n) is 3.29. The summed E-state index contributed by atoms with van der Waals surface area (Å²) in [5.41, 5.74) is 2.21. The highest BCUT2D eigenvalue weighted by atomic mass is 127. The summed E-state index contributed by atoms with van der Waals surface area (Å²) >= 11 is 5.71. The van der Waals surface area contributed by atoms with Gasteiger partial charge < -0.3 is 5.32 Å². The maximum absolute atomic E-state index is 8.97. The minimum absolute atomic E-state index is 0.578. The van der Waals surface area contributed by atoms with Crippen LogP contribution in [0.4, 0.5) is 11.4 Å². The van der Waals surface area contributed by atoms with Crippen molar-refractivity contribution in [2.45, 2.75) is 0 Å². The number of nitrogens with one attached hydrogen (secondary N) is 1. The van der Waals surface area contributed by atoms with Crippen LogP contribution in [0.25, 0.3) is 0 Å². The topological polar surface area (TPSA) is 48.7 Å². The largest absolute Gasteiger partial charge is 0.353 e. The van der Waals surface area contributed by atoms with Gasteiger partial charge in [0.05, 0.1) is 17.4 Å². The lowest BCUT2D eigenvalue weighted by atomic mass is 10.2. The Kier molecular flexibility index (Phi) is 3.97. The van der Waals surface area contributed by atoms with Gasteiger partial charge in [0.15, 0.2) is 0 Å². The first-order valence-corrected chi connectivity index (χ1v) is 6.64. The molecule has 0 atom stereocenters. The molecular weight excluding hydrogens is 393 g/mol. The summed E-state index contributed by atoms with van der Waals surface area (Å²) in [4.78, 5) is 4.00. The van der Waals surface area contributed by atoms with Gasteiger partial charge in [-0.05, 0) is 62.8 Å². The molecular formula is C12H7BrIN3. The Hall–Kier alpha value is -1.13. The van der Waals surface area contributed by atoms with E-state index < -0.39 is 0 Å². The summed E-state index contributed by atoms with van der Waals surface area (Å²) < 4.78 is 2.16. The van der Waals surface area contributed by atoms with E-state index in [1.807, 2.05) is 18.2 Å². The lowest BCUT2D eigenvalue weighted by Crippen LogP contribution is -1.94. The highest BCUT2D eigenvalue weighted by molar-refractivity contribution is 14.1. The minimum atomic E-state index is 0.578. The van der Waals surface area contributed by atoms with E-state index >= 15 is 0 Å². The fourth-order valence-corrected chi connectivity index (χ4v) is 2.04. The molecule has 84 valence electrons. The van der Waals surface area contributed by atoms with Gasteiger partial charge in [0.1, 0.15) is 6.07 Å². The van der Waals surface area contributed by atoms with Crippen LogP contribution < -0.4 is 5.32 Å². The Balaban J connectivity index is 2.32. The molecule has 5 heteroatoms. The van der Waals surface area contributed by atoms with Crippen molar-refractivity contribution in [3.8, 4) is 6.07 Å². The average molecular weight is 400 g/mol.